The van der Waals surface area contributed by atoms with Crippen LogP contribution in [0.15, 0.2) is 29.1 Å². The third-order valence-electron chi connectivity index (χ3n) is 4.82. The zero-order chi connectivity index (χ0) is 15.3. The van der Waals surface area contributed by atoms with Crippen LogP contribution in [0.4, 0.5) is 0 Å². The van der Waals surface area contributed by atoms with E-state index in [0.717, 1.165) is 30.4 Å². The number of nitrogens with one attached hydrogen (secondary N) is 2. The summed E-state index contributed by atoms with van der Waals surface area (Å²) >= 11 is 0. The van der Waals surface area contributed by atoms with Gasteiger partial charge >= 0.3 is 0 Å². The fourth-order valence-corrected chi connectivity index (χ4v) is 3.56. The number of rotatable bonds is 2. The van der Waals surface area contributed by atoms with Crippen molar-refractivity contribution in [3.8, 4) is 0 Å². The number of carbonyl (C=O) groups excluding carboxylic acids is 1. The van der Waals surface area contributed by atoms with Crippen molar-refractivity contribution in [3.63, 3.8) is 0 Å². The Morgan fingerprint density at radius 1 is 1.36 bits per heavy atom. The van der Waals surface area contributed by atoms with E-state index in [-0.39, 0.29) is 17.5 Å². The first-order chi connectivity index (χ1) is 10.6. The Morgan fingerprint density at radius 2 is 2.23 bits per heavy atom. The lowest BCUT2D eigenvalue weighted by atomic mass is 9.76. The number of aromatic amines is 1. The van der Waals surface area contributed by atoms with Crippen molar-refractivity contribution >= 4 is 16.8 Å². The van der Waals surface area contributed by atoms with Crippen molar-refractivity contribution in [1.29, 1.82) is 0 Å². The average Bonchev–Trinajstić information content (AvgIpc) is 2.85. The Morgan fingerprint density at radius 3 is 3.05 bits per heavy atom. The van der Waals surface area contributed by atoms with Crippen molar-refractivity contribution in [2.24, 2.45) is 5.92 Å². The number of hydrogen-bond donors (Lipinski definition) is 2. The molecule has 1 saturated carbocycles. The molecule has 5 nitrogen and oxygen atoms in total. The number of aryl methyl sites for hydroxylation is 1. The molecule has 1 aromatic heterocycles. The molecule has 1 aromatic carbocycles. The van der Waals surface area contributed by atoms with E-state index in [1.54, 1.807) is 0 Å². The molecule has 5 heteroatoms. The molecule has 0 radical (unpaired) electrons. The Labute approximate surface area is 127 Å². The standard InChI is InChI=1S/C17H18N2O3/c1-9-2-3-13-11(6-9)12(7-16(20)18-13)17(21)19-14-8-15-10(14)4-5-22-15/h2-3,6-7,10,14-15H,4-5,8H2,1H3,(H,18,20)(H,19,21)/t10-,14+,15+/m1/s1. The van der Waals surface area contributed by atoms with Gasteiger partial charge in [0.25, 0.3) is 5.91 Å². The van der Waals surface area contributed by atoms with Crippen molar-refractivity contribution in [2.45, 2.75) is 31.9 Å². The molecule has 2 aromatic rings. The van der Waals surface area contributed by atoms with E-state index < -0.39 is 0 Å². The summed E-state index contributed by atoms with van der Waals surface area (Å²) in [6.45, 7) is 2.76. The molecule has 114 valence electrons. The molecular formula is C17H18N2O3. The van der Waals surface area contributed by atoms with Crippen molar-refractivity contribution < 1.29 is 9.53 Å². The van der Waals surface area contributed by atoms with Gasteiger partial charge in [0.15, 0.2) is 0 Å². The van der Waals surface area contributed by atoms with Gasteiger partial charge in [-0.1, -0.05) is 11.6 Å². The van der Waals surface area contributed by atoms with Gasteiger partial charge < -0.3 is 15.0 Å². The highest BCUT2D eigenvalue weighted by Gasteiger charge is 2.45. The topological polar surface area (TPSA) is 71.2 Å². The highest BCUT2D eigenvalue weighted by Crippen LogP contribution is 2.38. The molecule has 1 aliphatic heterocycles. The molecule has 22 heavy (non-hydrogen) atoms. The minimum Gasteiger partial charge on any atom is -0.378 e. The van der Waals surface area contributed by atoms with Gasteiger partial charge in [0, 0.05) is 35.5 Å². The SMILES string of the molecule is Cc1ccc2[nH]c(=O)cc(C(=O)N[C@H]3C[C@@H]4OCC[C@H]34)c2c1. The van der Waals surface area contributed by atoms with Crippen LogP contribution >= 0.6 is 0 Å². The van der Waals surface area contributed by atoms with Gasteiger partial charge in [-0.25, -0.2) is 0 Å². The summed E-state index contributed by atoms with van der Waals surface area (Å²) in [7, 11) is 0. The number of pyridine rings is 1. The maximum Gasteiger partial charge on any atom is 0.252 e. The van der Waals surface area contributed by atoms with Crippen LogP contribution in [0.5, 0.6) is 0 Å². The minimum atomic E-state index is -0.253. The zero-order valence-electron chi connectivity index (χ0n) is 12.4. The van der Waals surface area contributed by atoms with Crippen LogP contribution in [-0.2, 0) is 4.74 Å². The Kier molecular flexibility index (Phi) is 3.04. The number of ether oxygens (including phenoxy) is 1. The van der Waals surface area contributed by atoms with Crippen LogP contribution in [0.2, 0.25) is 0 Å². The lowest BCUT2D eigenvalue weighted by Crippen LogP contribution is -2.53. The minimum absolute atomic E-state index is 0.166. The Bertz CT molecular complexity index is 811. The molecule has 2 fully saturated rings. The molecule has 1 saturated heterocycles. The third kappa shape index (κ3) is 2.13. The van der Waals surface area contributed by atoms with Gasteiger partial charge in [-0.2, -0.15) is 0 Å². The summed E-state index contributed by atoms with van der Waals surface area (Å²) in [4.78, 5) is 27.2. The second kappa shape index (κ2) is 4.95. The van der Waals surface area contributed by atoms with Crippen molar-refractivity contribution in [2.75, 3.05) is 6.61 Å². The molecule has 2 heterocycles. The Hall–Kier alpha value is -2.14. The lowest BCUT2D eigenvalue weighted by Gasteiger charge is -2.39. The fraction of sp³-hybridized carbons (Fsp3) is 0.412. The van der Waals surface area contributed by atoms with E-state index in [9.17, 15) is 9.59 Å². The van der Waals surface area contributed by atoms with Crippen LogP contribution in [0.1, 0.15) is 28.8 Å². The first-order valence-corrected chi connectivity index (χ1v) is 7.68. The van der Waals surface area contributed by atoms with Gasteiger partial charge in [0.1, 0.15) is 0 Å². The van der Waals surface area contributed by atoms with Crippen LogP contribution in [0, 0.1) is 12.8 Å². The first kappa shape index (κ1) is 13.5. The molecule has 2 aliphatic rings. The predicted octanol–water partition coefficient (Wildman–Crippen LogP) is 1.74. The third-order valence-corrected chi connectivity index (χ3v) is 4.82. The van der Waals surface area contributed by atoms with Crippen molar-refractivity contribution in [3.05, 3.63) is 45.7 Å². The molecule has 0 unspecified atom stereocenters. The number of carbonyl (C=O) groups is 1. The van der Waals surface area contributed by atoms with Gasteiger partial charge in [0.05, 0.1) is 11.7 Å². The van der Waals surface area contributed by atoms with Crippen LogP contribution in [0.25, 0.3) is 10.9 Å². The molecular weight excluding hydrogens is 280 g/mol. The number of amides is 1. The van der Waals surface area contributed by atoms with Crippen LogP contribution in [0.3, 0.4) is 0 Å². The maximum atomic E-state index is 12.6. The van der Waals surface area contributed by atoms with Crippen molar-refractivity contribution in [1.82, 2.24) is 10.3 Å². The molecule has 0 bridgehead atoms. The van der Waals surface area contributed by atoms with Crippen LogP contribution in [-0.4, -0.2) is 29.6 Å². The normalized spacial score (nSPS) is 26.5. The largest absolute Gasteiger partial charge is 0.378 e. The molecule has 1 amide bonds. The molecule has 2 N–H and O–H groups in total. The zero-order valence-corrected chi connectivity index (χ0v) is 12.4. The summed E-state index contributed by atoms with van der Waals surface area (Å²) in [5, 5.41) is 3.86. The quantitative estimate of drug-likeness (QED) is 0.887. The second-order valence-corrected chi connectivity index (χ2v) is 6.27. The van der Waals surface area contributed by atoms with Gasteiger partial charge in [-0.05, 0) is 31.9 Å². The highest BCUT2D eigenvalue weighted by atomic mass is 16.5. The first-order valence-electron chi connectivity index (χ1n) is 7.68. The highest BCUT2D eigenvalue weighted by molar-refractivity contribution is 6.06. The maximum absolute atomic E-state index is 12.6. The van der Waals surface area contributed by atoms with E-state index in [0.29, 0.717) is 23.1 Å². The summed E-state index contributed by atoms with van der Waals surface area (Å²) in [5.74, 6) is 0.260. The van der Waals surface area contributed by atoms with E-state index >= 15 is 0 Å². The molecule has 4 rings (SSSR count). The van der Waals surface area contributed by atoms with Crippen LogP contribution < -0.4 is 10.9 Å². The summed E-state index contributed by atoms with van der Waals surface area (Å²) in [5.41, 5.74) is 1.95. The smallest absolute Gasteiger partial charge is 0.252 e. The summed E-state index contributed by atoms with van der Waals surface area (Å²) in [6.07, 6.45) is 2.19. The fourth-order valence-electron chi connectivity index (χ4n) is 3.56. The number of benzene rings is 1. The second-order valence-electron chi connectivity index (χ2n) is 6.27. The lowest BCUT2D eigenvalue weighted by molar-refractivity contribution is 0.00812. The monoisotopic (exact) mass is 298 g/mol. The number of fused-ring (bicyclic) bond motifs is 2. The van der Waals surface area contributed by atoms with Gasteiger partial charge in [0.2, 0.25) is 5.56 Å². The molecule has 3 atom stereocenters. The number of H-pyrrole nitrogens is 1. The molecule has 1 aliphatic carbocycles. The van der Waals surface area contributed by atoms with E-state index in [2.05, 4.69) is 10.3 Å². The molecule has 0 spiro atoms. The summed E-state index contributed by atoms with van der Waals surface area (Å²) in [6, 6.07) is 7.25. The number of aromatic nitrogens is 1. The number of hydrogen-bond acceptors (Lipinski definition) is 3. The average molecular weight is 298 g/mol. The van der Waals surface area contributed by atoms with E-state index in [1.807, 2.05) is 25.1 Å². The van der Waals surface area contributed by atoms with E-state index in [4.69, 9.17) is 4.74 Å². The van der Waals surface area contributed by atoms with E-state index in [1.165, 1.54) is 6.07 Å². The van der Waals surface area contributed by atoms with Gasteiger partial charge in [-0.3, -0.25) is 9.59 Å². The predicted molar refractivity (Wildman–Crippen MR) is 83.0 cm³/mol. The Balaban J connectivity index is 1.66. The summed E-state index contributed by atoms with van der Waals surface area (Å²) < 4.78 is 5.57. The van der Waals surface area contributed by atoms with Gasteiger partial charge in [-0.15, -0.1) is 0 Å².